The van der Waals surface area contributed by atoms with Crippen LogP contribution in [0.25, 0.3) is 0 Å². The molecule has 7 heteroatoms. The van der Waals surface area contributed by atoms with Gasteiger partial charge in [0.2, 0.25) is 0 Å². The summed E-state index contributed by atoms with van der Waals surface area (Å²) in [5.74, 6) is 0.112. The minimum Gasteiger partial charge on any atom is -0.388 e. The number of sulfonamides is 1. The van der Waals surface area contributed by atoms with Gasteiger partial charge >= 0.3 is 0 Å². The maximum Gasteiger partial charge on any atom is 0.263 e. The lowest BCUT2D eigenvalue weighted by Crippen LogP contribution is -2.13. The second-order valence-corrected chi connectivity index (χ2v) is 5.67. The first-order valence-electron chi connectivity index (χ1n) is 5.74. The lowest BCUT2D eigenvalue weighted by atomic mass is 10.1. The van der Waals surface area contributed by atoms with E-state index in [1.807, 2.05) is 6.92 Å². The third kappa shape index (κ3) is 3.12. The summed E-state index contributed by atoms with van der Waals surface area (Å²) in [5, 5.41) is 13.2. The number of aromatic nitrogens is 1. The summed E-state index contributed by atoms with van der Waals surface area (Å²) in [4.78, 5) is 0.0699. The van der Waals surface area contributed by atoms with E-state index in [9.17, 15) is 13.5 Å². The molecule has 1 atom stereocenters. The maximum absolute atomic E-state index is 12.1. The Hall–Kier alpha value is -1.86. The summed E-state index contributed by atoms with van der Waals surface area (Å²) in [7, 11) is -3.73. The van der Waals surface area contributed by atoms with E-state index >= 15 is 0 Å². The lowest BCUT2D eigenvalue weighted by molar-refractivity contribution is 0.173. The summed E-state index contributed by atoms with van der Waals surface area (Å²) in [6.07, 6.45) is 1.11. The van der Waals surface area contributed by atoms with Crippen molar-refractivity contribution < 1.29 is 18.0 Å². The van der Waals surface area contributed by atoms with Crippen LogP contribution in [0.2, 0.25) is 0 Å². The Balaban J connectivity index is 2.30. The number of aliphatic hydroxyl groups is 1. The standard InChI is InChI=1S/C12H14N2O4S/c1-2-11(15)9-4-3-5-10(8-9)19(16,17)14-12-6-7-18-13-12/h3-8,11,15H,2H2,1H3,(H,13,14). The Morgan fingerprint density at radius 3 is 2.84 bits per heavy atom. The molecule has 0 fully saturated rings. The Labute approximate surface area is 111 Å². The molecule has 0 saturated carbocycles. The van der Waals surface area contributed by atoms with E-state index in [0.29, 0.717) is 12.0 Å². The van der Waals surface area contributed by atoms with Crippen LogP contribution < -0.4 is 4.72 Å². The number of anilines is 1. The number of nitrogens with zero attached hydrogens (tertiary/aromatic N) is 1. The van der Waals surface area contributed by atoms with Crippen molar-refractivity contribution in [3.05, 3.63) is 42.2 Å². The molecule has 1 heterocycles. The second kappa shape index (κ2) is 5.41. The predicted molar refractivity (Wildman–Crippen MR) is 69.0 cm³/mol. The van der Waals surface area contributed by atoms with Gasteiger partial charge in [0.05, 0.1) is 11.0 Å². The molecule has 0 radical (unpaired) electrons. The third-order valence-electron chi connectivity index (χ3n) is 2.62. The van der Waals surface area contributed by atoms with Crippen molar-refractivity contribution in [2.75, 3.05) is 4.72 Å². The lowest BCUT2D eigenvalue weighted by Gasteiger charge is -2.10. The maximum atomic E-state index is 12.1. The second-order valence-electron chi connectivity index (χ2n) is 3.99. The molecule has 102 valence electrons. The van der Waals surface area contributed by atoms with Crippen molar-refractivity contribution in [1.29, 1.82) is 0 Å². The fraction of sp³-hybridized carbons (Fsp3) is 0.250. The number of benzene rings is 1. The number of aliphatic hydroxyl groups excluding tert-OH is 1. The third-order valence-corrected chi connectivity index (χ3v) is 3.97. The van der Waals surface area contributed by atoms with E-state index in [-0.39, 0.29) is 10.7 Å². The first kappa shape index (κ1) is 13.6. The Bertz CT molecular complexity index is 638. The summed E-state index contributed by atoms with van der Waals surface area (Å²) >= 11 is 0. The Kier molecular flexibility index (Phi) is 3.87. The summed E-state index contributed by atoms with van der Waals surface area (Å²) in [5.41, 5.74) is 0.561. The number of rotatable bonds is 5. The molecule has 0 aliphatic carbocycles. The van der Waals surface area contributed by atoms with Gasteiger partial charge < -0.3 is 9.63 Å². The van der Waals surface area contributed by atoms with Gasteiger partial charge in [-0.3, -0.25) is 4.72 Å². The summed E-state index contributed by atoms with van der Waals surface area (Å²) in [6, 6.07) is 7.57. The van der Waals surface area contributed by atoms with Gasteiger partial charge in [-0.25, -0.2) is 8.42 Å². The van der Waals surface area contributed by atoms with Crippen molar-refractivity contribution in [3.63, 3.8) is 0 Å². The SMILES string of the molecule is CCC(O)c1cccc(S(=O)(=O)Nc2ccon2)c1. The molecule has 6 nitrogen and oxygen atoms in total. The van der Waals surface area contributed by atoms with Gasteiger partial charge in [0, 0.05) is 6.07 Å². The van der Waals surface area contributed by atoms with Crippen LogP contribution in [0.5, 0.6) is 0 Å². The van der Waals surface area contributed by atoms with Crippen molar-refractivity contribution >= 4 is 15.8 Å². The largest absolute Gasteiger partial charge is 0.388 e. The molecule has 1 aromatic heterocycles. The zero-order valence-corrected chi connectivity index (χ0v) is 11.1. The topological polar surface area (TPSA) is 92.4 Å². The normalized spacial score (nSPS) is 13.2. The molecule has 1 unspecified atom stereocenters. The average Bonchev–Trinajstić information content (AvgIpc) is 2.90. The van der Waals surface area contributed by atoms with Crippen LogP contribution in [0.15, 0.2) is 46.0 Å². The molecular formula is C12H14N2O4S. The highest BCUT2D eigenvalue weighted by molar-refractivity contribution is 7.92. The first-order chi connectivity index (χ1) is 9.03. The van der Waals surface area contributed by atoms with Crippen LogP contribution in [0.3, 0.4) is 0 Å². The van der Waals surface area contributed by atoms with Gasteiger partial charge in [-0.2, -0.15) is 0 Å². The van der Waals surface area contributed by atoms with E-state index in [1.54, 1.807) is 12.1 Å². The highest BCUT2D eigenvalue weighted by Crippen LogP contribution is 2.21. The van der Waals surface area contributed by atoms with Crippen LogP contribution in [0, 0.1) is 0 Å². The Morgan fingerprint density at radius 2 is 2.21 bits per heavy atom. The predicted octanol–water partition coefficient (Wildman–Crippen LogP) is 1.92. The monoisotopic (exact) mass is 282 g/mol. The molecule has 2 aromatic rings. The number of hydrogen-bond acceptors (Lipinski definition) is 5. The first-order valence-corrected chi connectivity index (χ1v) is 7.22. The molecule has 0 spiro atoms. The van der Waals surface area contributed by atoms with Crippen molar-refractivity contribution in [1.82, 2.24) is 5.16 Å². The van der Waals surface area contributed by atoms with E-state index < -0.39 is 16.1 Å². The van der Waals surface area contributed by atoms with Gasteiger partial charge in [0.1, 0.15) is 6.26 Å². The molecule has 0 amide bonds. The number of hydrogen-bond donors (Lipinski definition) is 2. The minimum absolute atomic E-state index is 0.0699. The van der Waals surface area contributed by atoms with Crippen LogP contribution in [-0.2, 0) is 10.0 Å². The fourth-order valence-corrected chi connectivity index (χ4v) is 2.63. The quantitative estimate of drug-likeness (QED) is 0.874. The van der Waals surface area contributed by atoms with E-state index in [4.69, 9.17) is 0 Å². The van der Waals surface area contributed by atoms with Gasteiger partial charge in [0.25, 0.3) is 10.0 Å². The van der Waals surface area contributed by atoms with Crippen LogP contribution in [-0.4, -0.2) is 18.7 Å². The molecule has 0 aliphatic rings. The fourth-order valence-electron chi connectivity index (χ4n) is 1.59. The van der Waals surface area contributed by atoms with Crippen LogP contribution in [0.4, 0.5) is 5.82 Å². The zero-order chi connectivity index (χ0) is 13.9. The molecule has 1 aromatic carbocycles. The Morgan fingerprint density at radius 1 is 1.42 bits per heavy atom. The smallest absolute Gasteiger partial charge is 0.263 e. The highest BCUT2D eigenvalue weighted by Gasteiger charge is 2.17. The minimum atomic E-state index is -3.73. The van der Waals surface area contributed by atoms with Gasteiger partial charge in [-0.1, -0.05) is 24.2 Å². The van der Waals surface area contributed by atoms with Crippen LogP contribution >= 0.6 is 0 Å². The molecule has 19 heavy (non-hydrogen) atoms. The molecule has 2 N–H and O–H groups in total. The molecule has 0 bridgehead atoms. The van der Waals surface area contributed by atoms with Gasteiger partial charge in [0.15, 0.2) is 5.82 Å². The van der Waals surface area contributed by atoms with E-state index in [2.05, 4.69) is 14.4 Å². The molecule has 2 rings (SSSR count). The van der Waals surface area contributed by atoms with Gasteiger partial charge in [-0.15, -0.1) is 0 Å². The van der Waals surface area contributed by atoms with E-state index in [0.717, 1.165) is 0 Å². The van der Waals surface area contributed by atoms with Crippen molar-refractivity contribution in [3.8, 4) is 0 Å². The molecule has 0 saturated heterocycles. The average molecular weight is 282 g/mol. The molecular weight excluding hydrogens is 268 g/mol. The number of nitrogens with one attached hydrogen (secondary N) is 1. The van der Waals surface area contributed by atoms with Crippen LogP contribution in [0.1, 0.15) is 25.0 Å². The molecule has 0 aliphatic heterocycles. The van der Waals surface area contributed by atoms with E-state index in [1.165, 1.54) is 24.5 Å². The van der Waals surface area contributed by atoms with Gasteiger partial charge in [-0.05, 0) is 24.1 Å². The summed E-state index contributed by atoms with van der Waals surface area (Å²) < 4.78 is 31.0. The highest BCUT2D eigenvalue weighted by atomic mass is 32.2. The van der Waals surface area contributed by atoms with Crippen molar-refractivity contribution in [2.24, 2.45) is 0 Å². The summed E-state index contributed by atoms with van der Waals surface area (Å²) in [6.45, 7) is 1.82. The van der Waals surface area contributed by atoms with Crippen molar-refractivity contribution in [2.45, 2.75) is 24.3 Å². The zero-order valence-electron chi connectivity index (χ0n) is 10.3.